The van der Waals surface area contributed by atoms with Gasteiger partial charge in [0.25, 0.3) is 5.56 Å². The van der Waals surface area contributed by atoms with Gasteiger partial charge in [0.1, 0.15) is 7.11 Å². The Morgan fingerprint density at radius 2 is 1.33 bits per heavy atom. The van der Waals surface area contributed by atoms with E-state index in [1.165, 1.54) is 17.9 Å². The third-order valence-electron chi connectivity index (χ3n) is 3.37. The highest BCUT2D eigenvalue weighted by Crippen LogP contribution is 2.30. The first kappa shape index (κ1) is 13.2. The molecular weight excluding hydrogens is 262 g/mol. The molecule has 2 aromatic carbocycles. The summed E-state index contributed by atoms with van der Waals surface area (Å²) >= 11 is 0. The van der Waals surface area contributed by atoms with Gasteiger partial charge in [0.2, 0.25) is 0 Å². The molecule has 3 heteroatoms. The Morgan fingerprint density at radius 1 is 0.762 bits per heavy atom. The van der Waals surface area contributed by atoms with Gasteiger partial charge in [-0.05, 0) is 11.6 Å². The van der Waals surface area contributed by atoms with E-state index in [1.54, 1.807) is 0 Å². The van der Waals surface area contributed by atoms with Crippen molar-refractivity contribution in [3.8, 4) is 22.4 Å². The normalized spacial score (nSPS) is 10.3. The monoisotopic (exact) mass is 277 g/mol. The summed E-state index contributed by atoms with van der Waals surface area (Å²) in [5.74, 6) is 0. The summed E-state index contributed by atoms with van der Waals surface area (Å²) in [7, 11) is 1.50. The Kier molecular flexibility index (Phi) is 3.56. The van der Waals surface area contributed by atoms with Crippen molar-refractivity contribution in [2.75, 3.05) is 7.11 Å². The molecule has 0 aliphatic heterocycles. The number of nitrogens with zero attached hydrogens (tertiary/aromatic N) is 1. The van der Waals surface area contributed by atoms with Crippen LogP contribution in [0.4, 0.5) is 0 Å². The molecule has 0 unspecified atom stereocenters. The van der Waals surface area contributed by atoms with Gasteiger partial charge < -0.3 is 4.84 Å². The van der Waals surface area contributed by atoms with Gasteiger partial charge in [-0.3, -0.25) is 4.79 Å². The lowest BCUT2D eigenvalue weighted by atomic mass is 9.99. The Labute approximate surface area is 123 Å². The van der Waals surface area contributed by atoms with Crippen molar-refractivity contribution in [1.29, 1.82) is 0 Å². The van der Waals surface area contributed by atoms with E-state index in [-0.39, 0.29) is 5.56 Å². The van der Waals surface area contributed by atoms with Crippen LogP contribution in [-0.4, -0.2) is 11.8 Å². The second kappa shape index (κ2) is 5.67. The van der Waals surface area contributed by atoms with E-state index in [1.807, 2.05) is 66.7 Å². The van der Waals surface area contributed by atoms with Crippen LogP contribution in [0, 0.1) is 0 Å². The fourth-order valence-electron chi connectivity index (χ4n) is 2.42. The molecule has 0 atom stereocenters. The van der Waals surface area contributed by atoms with Crippen LogP contribution >= 0.6 is 0 Å². The summed E-state index contributed by atoms with van der Waals surface area (Å²) in [6, 6.07) is 23.1. The molecule has 0 aliphatic carbocycles. The molecule has 0 fully saturated rings. The summed E-state index contributed by atoms with van der Waals surface area (Å²) in [6.07, 6.45) is 0. The quantitative estimate of drug-likeness (QED) is 0.736. The zero-order chi connectivity index (χ0) is 14.7. The SMILES string of the molecule is COn1c(-c2ccccc2)c(-c2ccccc2)ccc1=O. The maximum atomic E-state index is 12.1. The predicted octanol–water partition coefficient (Wildman–Crippen LogP) is 3.24. The highest BCUT2D eigenvalue weighted by molar-refractivity contribution is 5.80. The van der Waals surface area contributed by atoms with Crippen molar-refractivity contribution in [1.82, 2.24) is 4.73 Å². The van der Waals surface area contributed by atoms with E-state index in [2.05, 4.69) is 0 Å². The van der Waals surface area contributed by atoms with E-state index in [4.69, 9.17) is 4.84 Å². The number of rotatable bonds is 3. The van der Waals surface area contributed by atoms with Gasteiger partial charge in [-0.1, -0.05) is 60.7 Å². The van der Waals surface area contributed by atoms with Gasteiger partial charge in [-0.2, -0.15) is 0 Å². The van der Waals surface area contributed by atoms with Gasteiger partial charge in [0, 0.05) is 17.2 Å². The molecule has 3 rings (SSSR count). The molecule has 0 aliphatic rings. The maximum Gasteiger partial charge on any atom is 0.283 e. The molecule has 104 valence electrons. The minimum absolute atomic E-state index is 0.184. The van der Waals surface area contributed by atoms with Crippen LogP contribution in [0.15, 0.2) is 77.6 Å². The molecule has 0 saturated carbocycles. The van der Waals surface area contributed by atoms with Crippen molar-refractivity contribution in [2.24, 2.45) is 0 Å². The number of hydrogen-bond acceptors (Lipinski definition) is 2. The topological polar surface area (TPSA) is 31.2 Å². The lowest BCUT2D eigenvalue weighted by Gasteiger charge is -2.15. The first-order valence-electron chi connectivity index (χ1n) is 6.72. The second-order valence-electron chi connectivity index (χ2n) is 4.64. The van der Waals surface area contributed by atoms with Gasteiger partial charge in [0.05, 0.1) is 5.69 Å². The Morgan fingerprint density at radius 3 is 1.90 bits per heavy atom. The average Bonchev–Trinajstić information content (AvgIpc) is 2.56. The van der Waals surface area contributed by atoms with Gasteiger partial charge >= 0.3 is 0 Å². The number of hydrogen-bond donors (Lipinski definition) is 0. The summed E-state index contributed by atoms with van der Waals surface area (Å²) in [5, 5.41) is 0. The highest BCUT2D eigenvalue weighted by Gasteiger charge is 2.14. The fraction of sp³-hybridized carbons (Fsp3) is 0.0556. The van der Waals surface area contributed by atoms with Gasteiger partial charge in [-0.15, -0.1) is 4.73 Å². The maximum absolute atomic E-state index is 12.1. The largest absolute Gasteiger partial charge is 0.413 e. The standard InChI is InChI=1S/C18H15NO2/c1-21-19-17(20)13-12-16(14-8-4-2-5-9-14)18(19)15-10-6-3-7-11-15/h2-13H,1H3. The van der Waals surface area contributed by atoms with Crippen molar-refractivity contribution >= 4 is 0 Å². The minimum Gasteiger partial charge on any atom is -0.413 e. The van der Waals surface area contributed by atoms with E-state index in [0.717, 1.165) is 22.4 Å². The zero-order valence-corrected chi connectivity index (χ0v) is 11.7. The Hall–Kier alpha value is -2.81. The van der Waals surface area contributed by atoms with Crippen LogP contribution < -0.4 is 10.4 Å². The van der Waals surface area contributed by atoms with Crippen LogP contribution in [0.1, 0.15) is 0 Å². The first-order valence-corrected chi connectivity index (χ1v) is 6.72. The third-order valence-corrected chi connectivity index (χ3v) is 3.37. The second-order valence-corrected chi connectivity index (χ2v) is 4.64. The molecule has 21 heavy (non-hydrogen) atoms. The molecule has 0 radical (unpaired) electrons. The van der Waals surface area contributed by atoms with Crippen LogP contribution in [0.5, 0.6) is 0 Å². The molecule has 3 aromatic rings. The van der Waals surface area contributed by atoms with Crippen LogP contribution in [0.2, 0.25) is 0 Å². The van der Waals surface area contributed by atoms with Gasteiger partial charge in [0.15, 0.2) is 0 Å². The summed E-state index contributed by atoms with van der Waals surface area (Å²) < 4.78 is 1.33. The molecule has 3 nitrogen and oxygen atoms in total. The molecule has 1 heterocycles. The van der Waals surface area contributed by atoms with Crippen LogP contribution in [0.25, 0.3) is 22.4 Å². The molecular formula is C18H15NO2. The number of aromatic nitrogens is 1. The Balaban J connectivity index is 2.34. The molecule has 0 amide bonds. The Bertz CT molecular complexity index is 792. The average molecular weight is 277 g/mol. The minimum atomic E-state index is -0.184. The van der Waals surface area contributed by atoms with E-state index < -0.39 is 0 Å². The summed E-state index contributed by atoms with van der Waals surface area (Å²) in [5.41, 5.74) is 3.52. The molecule has 0 N–H and O–H groups in total. The predicted molar refractivity (Wildman–Crippen MR) is 84.1 cm³/mol. The lowest BCUT2D eigenvalue weighted by molar-refractivity contribution is 0.162. The summed E-state index contributed by atoms with van der Waals surface area (Å²) in [4.78, 5) is 17.4. The molecule has 0 bridgehead atoms. The zero-order valence-electron chi connectivity index (χ0n) is 11.7. The van der Waals surface area contributed by atoms with Crippen molar-refractivity contribution in [3.05, 3.63) is 83.2 Å². The smallest absolute Gasteiger partial charge is 0.283 e. The lowest BCUT2D eigenvalue weighted by Crippen LogP contribution is -2.26. The van der Waals surface area contributed by atoms with Crippen molar-refractivity contribution in [3.63, 3.8) is 0 Å². The number of benzene rings is 2. The fourth-order valence-corrected chi connectivity index (χ4v) is 2.42. The van der Waals surface area contributed by atoms with E-state index in [0.29, 0.717) is 0 Å². The summed E-state index contributed by atoms with van der Waals surface area (Å²) in [6.45, 7) is 0. The molecule has 0 spiro atoms. The van der Waals surface area contributed by atoms with E-state index >= 15 is 0 Å². The third kappa shape index (κ3) is 2.46. The molecule has 0 saturated heterocycles. The van der Waals surface area contributed by atoms with Crippen molar-refractivity contribution < 1.29 is 4.84 Å². The van der Waals surface area contributed by atoms with E-state index in [9.17, 15) is 4.79 Å². The first-order chi connectivity index (χ1) is 10.3. The number of pyridine rings is 1. The van der Waals surface area contributed by atoms with Gasteiger partial charge in [-0.25, -0.2) is 0 Å². The van der Waals surface area contributed by atoms with Crippen LogP contribution in [-0.2, 0) is 0 Å². The van der Waals surface area contributed by atoms with Crippen molar-refractivity contribution in [2.45, 2.75) is 0 Å². The highest BCUT2D eigenvalue weighted by atomic mass is 16.6. The van der Waals surface area contributed by atoms with Crippen LogP contribution in [0.3, 0.4) is 0 Å². The molecule has 1 aromatic heterocycles.